The summed E-state index contributed by atoms with van der Waals surface area (Å²) in [6.07, 6.45) is 0. The molecule has 0 bridgehead atoms. The van der Waals surface area contributed by atoms with Crippen molar-refractivity contribution >= 4 is 40.9 Å². The Bertz CT molecular complexity index is 308. The number of aliphatic imine (C=N–C) groups is 1. The number of ether oxygens (including phenoxy) is 1. The second-order valence-corrected chi connectivity index (χ2v) is 4.42. The standard InChI is InChI=1S/C8H9ClN2OS.ClH/c9-1-5-4-13-8-10-6-2-12-3-7(6)11(5)8;/h4,6-7H,1-3H2;1H/t6-,7+;/m0./s1. The number of nitrogens with zero attached hydrogens (tertiary/aromatic N) is 2. The number of halogens is 2. The average molecular weight is 253 g/mol. The van der Waals surface area contributed by atoms with Crippen molar-refractivity contribution in [1.29, 1.82) is 0 Å². The molecule has 6 heteroatoms. The third-order valence-corrected chi connectivity index (χ3v) is 3.76. The summed E-state index contributed by atoms with van der Waals surface area (Å²) in [5.41, 5.74) is 1.17. The maximum absolute atomic E-state index is 5.85. The molecule has 3 nitrogen and oxygen atoms in total. The van der Waals surface area contributed by atoms with E-state index in [1.807, 2.05) is 0 Å². The largest absolute Gasteiger partial charge is 0.377 e. The van der Waals surface area contributed by atoms with Gasteiger partial charge in [0.1, 0.15) is 0 Å². The Balaban J connectivity index is 0.000000750. The van der Waals surface area contributed by atoms with Crippen LogP contribution in [0.5, 0.6) is 0 Å². The van der Waals surface area contributed by atoms with Crippen LogP contribution in [0, 0.1) is 0 Å². The molecule has 0 unspecified atom stereocenters. The molecule has 1 fully saturated rings. The minimum absolute atomic E-state index is 0. The summed E-state index contributed by atoms with van der Waals surface area (Å²) in [6.45, 7) is 1.55. The predicted molar refractivity (Wildman–Crippen MR) is 61.3 cm³/mol. The first-order valence-corrected chi connectivity index (χ1v) is 5.68. The summed E-state index contributed by atoms with van der Waals surface area (Å²) in [5.74, 6) is 0.565. The summed E-state index contributed by atoms with van der Waals surface area (Å²) < 4.78 is 5.38. The first-order chi connectivity index (χ1) is 6.40. The third-order valence-electron chi connectivity index (χ3n) is 2.58. The van der Waals surface area contributed by atoms with Crippen molar-refractivity contribution in [2.24, 2.45) is 4.99 Å². The van der Waals surface area contributed by atoms with Crippen LogP contribution in [0.15, 0.2) is 16.1 Å². The zero-order valence-electron chi connectivity index (χ0n) is 7.35. The van der Waals surface area contributed by atoms with Gasteiger partial charge in [-0.05, 0) is 5.41 Å². The van der Waals surface area contributed by atoms with Crippen molar-refractivity contribution < 1.29 is 4.74 Å². The van der Waals surface area contributed by atoms with Gasteiger partial charge in [-0.1, -0.05) is 11.8 Å². The topological polar surface area (TPSA) is 24.8 Å². The van der Waals surface area contributed by atoms with E-state index in [1.54, 1.807) is 11.8 Å². The smallest absolute Gasteiger partial charge is 0.168 e. The van der Waals surface area contributed by atoms with Gasteiger partial charge in [0.2, 0.25) is 0 Å². The van der Waals surface area contributed by atoms with Gasteiger partial charge in [0.15, 0.2) is 5.17 Å². The number of thioether (sulfide) groups is 1. The second-order valence-electron chi connectivity index (χ2n) is 3.31. The summed E-state index contributed by atoms with van der Waals surface area (Å²) in [4.78, 5) is 6.81. The Morgan fingerprint density at radius 2 is 2.50 bits per heavy atom. The molecular formula is C8H10Cl2N2OS. The lowest BCUT2D eigenvalue weighted by atomic mass is 10.2. The van der Waals surface area contributed by atoms with Crippen LogP contribution in [0.4, 0.5) is 0 Å². The molecule has 3 rings (SSSR count). The van der Waals surface area contributed by atoms with E-state index in [0.717, 1.165) is 18.4 Å². The third kappa shape index (κ3) is 1.36. The van der Waals surface area contributed by atoms with Gasteiger partial charge < -0.3 is 9.64 Å². The lowest BCUT2D eigenvalue weighted by Gasteiger charge is -2.22. The Hall–Kier alpha value is 0.1000. The maximum Gasteiger partial charge on any atom is 0.168 e. The molecule has 14 heavy (non-hydrogen) atoms. The summed E-state index contributed by atoms with van der Waals surface area (Å²) in [7, 11) is 0. The predicted octanol–water partition coefficient (Wildman–Crippen LogP) is 1.67. The molecule has 0 N–H and O–H groups in total. The Morgan fingerprint density at radius 3 is 3.29 bits per heavy atom. The fraction of sp³-hybridized carbons (Fsp3) is 0.625. The fourth-order valence-electron chi connectivity index (χ4n) is 1.94. The van der Waals surface area contributed by atoms with Crippen molar-refractivity contribution in [1.82, 2.24) is 4.90 Å². The monoisotopic (exact) mass is 252 g/mol. The summed E-state index contributed by atoms with van der Waals surface area (Å²) in [6, 6.07) is 0.754. The van der Waals surface area contributed by atoms with E-state index in [1.165, 1.54) is 5.70 Å². The van der Waals surface area contributed by atoms with Crippen LogP contribution in [0.25, 0.3) is 0 Å². The molecule has 3 aliphatic rings. The second kappa shape index (κ2) is 3.93. The van der Waals surface area contributed by atoms with Crippen molar-refractivity contribution in [3.8, 4) is 0 Å². The van der Waals surface area contributed by atoms with Gasteiger partial charge in [-0.3, -0.25) is 4.99 Å². The summed E-state index contributed by atoms with van der Waals surface area (Å²) >= 11 is 7.52. The van der Waals surface area contributed by atoms with E-state index in [9.17, 15) is 0 Å². The minimum atomic E-state index is 0. The highest BCUT2D eigenvalue weighted by Crippen LogP contribution is 2.37. The lowest BCUT2D eigenvalue weighted by molar-refractivity contribution is 0.178. The van der Waals surface area contributed by atoms with Crippen LogP contribution in [0.1, 0.15) is 0 Å². The molecule has 78 valence electrons. The number of hydrogen-bond donors (Lipinski definition) is 0. The average Bonchev–Trinajstić information content (AvgIpc) is 2.72. The van der Waals surface area contributed by atoms with Crippen molar-refractivity contribution in [3.63, 3.8) is 0 Å². The van der Waals surface area contributed by atoms with E-state index >= 15 is 0 Å². The molecule has 0 amide bonds. The molecule has 1 saturated heterocycles. The van der Waals surface area contributed by atoms with Crippen LogP contribution in [0.2, 0.25) is 0 Å². The quantitative estimate of drug-likeness (QED) is 0.664. The summed E-state index contributed by atoms with van der Waals surface area (Å²) in [5, 5.41) is 3.19. The zero-order chi connectivity index (χ0) is 8.84. The molecule has 0 aliphatic carbocycles. The van der Waals surface area contributed by atoms with E-state index in [-0.39, 0.29) is 12.4 Å². The maximum atomic E-state index is 5.85. The highest BCUT2D eigenvalue weighted by atomic mass is 35.5. The highest BCUT2D eigenvalue weighted by Gasteiger charge is 2.43. The fourth-order valence-corrected chi connectivity index (χ4v) is 3.24. The number of fused-ring (bicyclic) bond motifs is 3. The highest BCUT2D eigenvalue weighted by molar-refractivity contribution is 8.16. The van der Waals surface area contributed by atoms with Gasteiger partial charge >= 0.3 is 0 Å². The molecule has 2 atom stereocenters. The van der Waals surface area contributed by atoms with Gasteiger partial charge in [0.25, 0.3) is 0 Å². The van der Waals surface area contributed by atoms with Crippen LogP contribution in [-0.4, -0.2) is 41.2 Å². The van der Waals surface area contributed by atoms with E-state index in [0.29, 0.717) is 18.0 Å². The van der Waals surface area contributed by atoms with Crippen molar-refractivity contribution in [3.05, 3.63) is 11.1 Å². The van der Waals surface area contributed by atoms with E-state index in [4.69, 9.17) is 16.3 Å². The first kappa shape index (κ1) is 10.6. The van der Waals surface area contributed by atoms with Gasteiger partial charge in [0, 0.05) is 5.70 Å². The number of rotatable bonds is 1. The normalized spacial score (nSPS) is 33.4. The number of amidine groups is 1. The number of alkyl halides is 1. The number of hydrogen-bond acceptors (Lipinski definition) is 4. The first-order valence-electron chi connectivity index (χ1n) is 4.26. The van der Waals surface area contributed by atoms with Gasteiger partial charge in [0.05, 0.1) is 31.2 Å². The van der Waals surface area contributed by atoms with Crippen LogP contribution >= 0.6 is 35.8 Å². The molecule has 3 heterocycles. The zero-order valence-corrected chi connectivity index (χ0v) is 9.74. The van der Waals surface area contributed by atoms with E-state index in [2.05, 4.69) is 15.3 Å². The molecule has 0 saturated carbocycles. The SMILES string of the molecule is Cl.ClCC1=CSC2=N[C@H]3COC[C@H]3N12. The Kier molecular flexibility index (Phi) is 2.98. The molecule has 0 radical (unpaired) electrons. The number of allylic oxidation sites excluding steroid dienone is 1. The molecule has 0 aromatic heterocycles. The van der Waals surface area contributed by atoms with Gasteiger partial charge in [-0.15, -0.1) is 24.0 Å². The Morgan fingerprint density at radius 1 is 1.64 bits per heavy atom. The van der Waals surface area contributed by atoms with Gasteiger partial charge in [-0.25, -0.2) is 0 Å². The van der Waals surface area contributed by atoms with Crippen molar-refractivity contribution in [2.45, 2.75) is 12.1 Å². The lowest BCUT2D eigenvalue weighted by Crippen LogP contribution is -2.36. The van der Waals surface area contributed by atoms with Crippen LogP contribution in [0.3, 0.4) is 0 Å². The molecule has 0 aromatic carbocycles. The van der Waals surface area contributed by atoms with Crippen LogP contribution < -0.4 is 0 Å². The Labute approximate surface area is 97.9 Å². The van der Waals surface area contributed by atoms with Gasteiger partial charge in [-0.2, -0.15) is 0 Å². The molecular weight excluding hydrogens is 243 g/mol. The van der Waals surface area contributed by atoms with Crippen molar-refractivity contribution in [2.75, 3.05) is 19.1 Å². The molecule has 3 aliphatic heterocycles. The molecule has 0 spiro atoms. The minimum Gasteiger partial charge on any atom is -0.377 e. The van der Waals surface area contributed by atoms with Crippen LogP contribution in [-0.2, 0) is 4.74 Å². The van der Waals surface area contributed by atoms with E-state index < -0.39 is 0 Å². The molecule has 0 aromatic rings.